The van der Waals surface area contributed by atoms with Gasteiger partial charge in [-0.05, 0) is 18.2 Å². The van der Waals surface area contributed by atoms with Crippen molar-refractivity contribution < 1.29 is 4.79 Å². The normalized spacial score (nSPS) is 14.7. The van der Waals surface area contributed by atoms with E-state index in [1.165, 1.54) is 5.56 Å². The van der Waals surface area contributed by atoms with Crippen LogP contribution in [0.1, 0.15) is 18.9 Å². The highest BCUT2D eigenvalue weighted by Gasteiger charge is 2.22. The fourth-order valence-electron chi connectivity index (χ4n) is 3.21. The van der Waals surface area contributed by atoms with Crippen molar-refractivity contribution in [1.29, 1.82) is 0 Å². The minimum atomic E-state index is 0.241. The molecular weight excluding hydrogens is 326 g/mol. The molecule has 1 saturated heterocycles. The number of carbonyl (C=O) groups excluding carboxylic acids is 1. The van der Waals surface area contributed by atoms with Gasteiger partial charge < -0.3 is 9.80 Å². The van der Waals surface area contributed by atoms with Gasteiger partial charge in [-0.15, -0.1) is 0 Å². The van der Waals surface area contributed by atoms with Gasteiger partial charge in [0.15, 0.2) is 0 Å². The maximum Gasteiger partial charge on any atom is 0.225 e. The second-order valence-corrected chi connectivity index (χ2v) is 6.52. The van der Waals surface area contributed by atoms with E-state index in [1.807, 2.05) is 17.0 Å². The van der Waals surface area contributed by atoms with Crippen LogP contribution < -0.4 is 4.90 Å². The number of aromatic nitrogens is 2. The number of rotatable bonds is 7. The first-order valence-corrected chi connectivity index (χ1v) is 9.32. The van der Waals surface area contributed by atoms with E-state index in [0.29, 0.717) is 6.42 Å². The van der Waals surface area contributed by atoms with E-state index < -0.39 is 0 Å². The van der Waals surface area contributed by atoms with Crippen molar-refractivity contribution >= 4 is 11.9 Å². The van der Waals surface area contributed by atoms with Gasteiger partial charge in [-0.2, -0.15) is 0 Å². The summed E-state index contributed by atoms with van der Waals surface area (Å²) in [5.41, 5.74) is 1.29. The van der Waals surface area contributed by atoms with Crippen molar-refractivity contribution in [2.45, 2.75) is 19.9 Å². The molecule has 3 rings (SSSR count). The number of anilines is 1. The van der Waals surface area contributed by atoms with Crippen LogP contribution in [-0.2, 0) is 11.3 Å². The third-order valence-corrected chi connectivity index (χ3v) is 4.81. The first kappa shape index (κ1) is 18.3. The van der Waals surface area contributed by atoms with E-state index in [4.69, 9.17) is 0 Å². The summed E-state index contributed by atoms with van der Waals surface area (Å²) < 4.78 is 0. The van der Waals surface area contributed by atoms with Gasteiger partial charge in [0.2, 0.25) is 11.9 Å². The van der Waals surface area contributed by atoms with E-state index >= 15 is 0 Å². The summed E-state index contributed by atoms with van der Waals surface area (Å²) in [6.45, 7) is 7.83. The highest BCUT2D eigenvalue weighted by Crippen LogP contribution is 2.11. The first-order valence-electron chi connectivity index (χ1n) is 9.32. The van der Waals surface area contributed by atoms with Crippen LogP contribution in [-0.4, -0.2) is 64.9 Å². The summed E-state index contributed by atoms with van der Waals surface area (Å²) >= 11 is 0. The predicted molar refractivity (Wildman–Crippen MR) is 103 cm³/mol. The van der Waals surface area contributed by atoms with Gasteiger partial charge in [-0.25, -0.2) is 9.97 Å². The first-order chi connectivity index (χ1) is 12.8. The van der Waals surface area contributed by atoms with Crippen molar-refractivity contribution in [2.75, 3.05) is 44.2 Å². The third kappa shape index (κ3) is 5.02. The van der Waals surface area contributed by atoms with Crippen LogP contribution in [0.2, 0.25) is 0 Å². The zero-order valence-electron chi connectivity index (χ0n) is 15.4. The minimum Gasteiger partial charge on any atom is -0.339 e. The summed E-state index contributed by atoms with van der Waals surface area (Å²) in [5, 5.41) is 0. The number of amides is 1. The highest BCUT2D eigenvalue weighted by atomic mass is 16.2. The summed E-state index contributed by atoms with van der Waals surface area (Å²) in [4.78, 5) is 27.6. The molecule has 1 aliphatic heterocycles. The van der Waals surface area contributed by atoms with Crippen molar-refractivity contribution in [3.05, 3.63) is 54.4 Å². The van der Waals surface area contributed by atoms with Gasteiger partial charge in [-0.3, -0.25) is 9.69 Å². The molecule has 1 aromatic carbocycles. The molecule has 0 radical (unpaired) electrons. The van der Waals surface area contributed by atoms with Gasteiger partial charge in [0.05, 0.1) is 0 Å². The van der Waals surface area contributed by atoms with Crippen LogP contribution in [0.3, 0.4) is 0 Å². The molecule has 2 aromatic rings. The van der Waals surface area contributed by atoms with Gasteiger partial charge in [0.25, 0.3) is 0 Å². The van der Waals surface area contributed by atoms with Crippen LogP contribution >= 0.6 is 0 Å². The van der Waals surface area contributed by atoms with Crippen LogP contribution in [0.4, 0.5) is 5.95 Å². The molecule has 0 aliphatic carbocycles. The number of benzene rings is 1. The fourth-order valence-corrected chi connectivity index (χ4v) is 3.21. The van der Waals surface area contributed by atoms with E-state index in [2.05, 4.69) is 51.0 Å². The SMILES string of the molecule is CCN(CCC(=O)N1CCN(c2ncccn2)CC1)Cc1ccccc1. The molecule has 1 aliphatic rings. The lowest BCUT2D eigenvalue weighted by molar-refractivity contribution is -0.131. The zero-order valence-corrected chi connectivity index (χ0v) is 15.4. The molecule has 1 amide bonds. The smallest absolute Gasteiger partial charge is 0.225 e. The van der Waals surface area contributed by atoms with Crippen LogP contribution in [0.25, 0.3) is 0 Å². The van der Waals surface area contributed by atoms with E-state index in [9.17, 15) is 4.79 Å². The number of carbonyl (C=O) groups is 1. The molecule has 0 spiro atoms. The average molecular weight is 353 g/mol. The predicted octanol–water partition coefficient (Wildman–Crippen LogP) is 2.04. The van der Waals surface area contributed by atoms with Gasteiger partial charge in [-0.1, -0.05) is 37.3 Å². The van der Waals surface area contributed by atoms with Crippen LogP contribution in [0, 0.1) is 0 Å². The maximum atomic E-state index is 12.6. The second-order valence-electron chi connectivity index (χ2n) is 6.52. The summed E-state index contributed by atoms with van der Waals surface area (Å²) in [5.74, 6) is 0.991. The topological polar surface area (TPSA) is 52.6 Å². The van der Waals surface area contributed by atoms with E-state index in [-0.39, 0.29) is 5.91 Å². The monoisotopic (exact) mass is 353 g/mol. The Morgan fingerprint density at radius 2 is 1.73 bits per heavy atom. The number of hydrogen-bond donors (Lipinski definition) is 0. The minimum absolute atomic E-state index is 0.241. The summed E-state index contributed by atoms with van der Waals surface area (Å²) in [6.07, 6.45) is 4.08. The standard InChI is InChI=1S/C20H27N5O/c1-2-23(17-18-7-4-3-5-8-18)12-9-19(26)24-13-15-25(16-14-24)20-21-10-6-11-22-20/h3-8,10-11H,2,9,12-17H2,1H3. The largest absolute Gasteiger partial charge is 0.339 e. The van der Waals surface area contributed by atoms with Crippen molar-refractivity contribution in [2.24, 2.45) is 0 Å². The molecule has 6 nitrogen and oxygen atoms in total. The van der Waals surface area contributed by atoms with Gasteiger partial charge in [0, 0.05) is 58.1 Å². The van der Waals surface area contributed by atoms with Crippen molar-refractivity contribution in [3.63, 3.8) is 0 Å². The molecule has 0 atom stereocenters. The Labute approximate surface area is 155 Å². The lowest BCUT2D eigenvalue weighted by Crippen LogP contribution is -2.49. The molecular formula is C20H27N5O. The number of nitrogens with zero attached hydrogens (tertiary/aromatic N) is 5. The second kappa shape index (κ2) is 9.29. The Hall–Kier alpha value is -2.47. The van der Waals surface area contributed by atoms with Gasteiger partial charge >= 0.3 is 0 Å². The molecule has 1 aromatic heterocycles. The average Bonchev–Trinajstić information content (AvgIpc) is 2.72. The molecule has 1 fully saturated rings. The Morgan fingerprint density at radius 3 is 2.38 bits per heavy atom. The number of hydrogen-bond acceptors (Lipinski definition) is 5. The molecule has 26 heavy (non-hydrogen) atoms. The summed E-state index contributed by atoms with van der Waals surface area (Å²) in [7, 11) is 0. The van der Waals surface area contributed by atoms with Crippen molar-refractivity contribution in [3.8, 4) is 0 Å². The molecule has 0 N–H and O–H groups in total. The lowest BCUT2D eigenvalue weighted by Gasteiger charge is -2.35. The summed E-state index contributed by atoms with van der Waals surface area (Å²) in [6, 6.07) is 12.2. The number of piperazine rings is 1. The highest BCUT2D eigenvalue weighted by molar-refractivity contribution is 5.76. The molecule has 0 bridgehead atoms. The Balaban J connectivity index is 1.43. The quantitative estimate of drug-likeness (QED) is 0.762. The Kier molecular flexibility index (Phi) is 6.55. The maximum absolute atomic E-state index is 12.6. The molecule has 2 heterocycles. The lowest BCUT2D eigenvalue weighted by atomic mass is 10.2. The molecule has 0 unspecified atom stereocenters. The molecule has 0 saturated carbocycles. The zero-order chi connectivity index (χ0) is 18.2. The van der Waals surface area contributed by atoms with E-state index in [1.54, 1.807) is 12.4 Å². The Bertz CT molecular complexity index is 671. The molecule has 6 heteroatoms. The van der Waals surface area contributed by atoms with Gasteiger partial charge in [0.1, 0.15) is 0 Å². The van der Waals surface area contributed by atoms with Crippen molar-refractivity contribution in [1.82, 2.24) is 19.8 Å². The third-order valence-electron chi connectivity index (χ3n) is 4.81. The van der Waals surface area contributed by atoms with E-state index in [0.717, 1.165) is 51.8 Å². The Morgan fingerprint density at radius 1 is 1.04 bits per heavy atom. The van der Waals surface area contributed by atoms with Crippen LogP contribution in [0.5, 0.6) is 0 Å². The molecule has 138 valence electrons. The van der Waals surface area contributed by atoms with Crippen LogP contribution in [0.15, 0.2) is 48.8 Å². The fraction of sp³-hybridized carbons (Fsp3) is 0.450.